The predicted octanol–water partition coefficient (Wildman–Crippen LogP) is 1.74. The Kier molecular flexibility index (Phi) is 4.20. The van der Waals surface area contributed by atoms with Crippen LogP contribution in [0.25, 0.3) is 0 Å². The molecule has 4 heteroatoms. The van der Waals surface area contributed by atoms with E-state index in [9.17, 15) is 9.90 Å². The van der Waals surface area contributed by atoms with Gasteiger partial charge in [0.25, 0.3) is 0 Å². The third-order valence-electron chi connectivity index (χ3n) is 3.44. The molecule has 1 saturated heterocycles. The second-order valence-corrected chi connectivity index (χ2v) is 4.64. The summed E-state index contributed by atoms with van der Waals surface area (Å²) in [5.74, 6) is -0.537. The average Bonchev–Trinajstić information content (AvgIpc) is 2.89. The number of carbonyl (C=O) groups excluding carboxylic acids is 1. The van der Waals surface area contributed by atoms with Crippen molar-refractivity contribution in [1.29, 1.82) is 0 Å². The number of phenols is 1. The highest BCUT2D eigenvalue weighted by atomic mass is 16.5. The van der Waals surface area contributed by atoms with E-state index in [0.29, 0.717) is 12.1 Å². The first-order valence-electron chi connectivity index (χ1n) is 6.30. The largest absolute Gasteiger partial charge is 0.508 e. The molecule has 1 heterocycles. The summed E-state index contributed by atoms with van der Waals surface area (Å²) in [5.41, 5.74) is 0.649. The summed E-state index contributed by atoms with van der Waals surface area (Å²) in [5, 5.41) is 9.87. The molecule has 1 unspecified atom stereocenters. The van der Waals surface area contributed by atoms with E-state index in [1.807, 2.05) is 6.07 Å². The van der Waals surface area contributed by atoms with Crippen molar-refractivity contribution >= 4 is 5.97 Å². The highest BCUT2D eigenvalue weighted by Gasteiger charge is 2.27. The van der Waals surface area contributed by atoms with Crippen LogP contribution in [0.4, 0.5) is 0 Å². The fourth-order valence-corrected chi connectivity index (χ4v) is 2.45. The number of phenolic OH excluding ortho intramolecular Hbond substituents is 1. The van der Waals surface area contributed by atoms with Gasteiger partial charge in [0.15, 0.2) is 0 Å². The molecule has 0 amide bonds. The molecule has 0 aliphatic carbocycles. The van der Waals surface area contributed by atoms with Crippen LogP contribution in [0.15, 0.2) is 24.3 Å². The predicted molar refractivity (Wildman–Crippen MR) is 68.5 cm³/mol. The van der Waals surface area contributed by atoms with Gasteiger partial charge in [-0.2, -0.15) is 0 Å². The third-order valence-corrected chi connectivity index (χ3v) is 3.44. The van der Waals surface area contributed by atoms with E-state index in [4.69, 9.17) is 4.74 Å². The summed E-state index contributed by atoms with van der Waals surface area (Å²) in [7, 11) is 1.39. The van der Waals surface area contributed by atoms with Crippen molar-refractivity contribution in [1.82, 2.24) is 4.90 Å². The van der Waals surface area contributed by atoms with Gasteiger partial charge in [-0.05, 0) is 32.0 Å². The van der Waals surface area contributed by atoms with Gasteiger partial charge >= 0.3 is 5.97 Å². The highest BCUT2D eigenvalue weighted by molar-refractivity contribution is 5.79. The Labute approximate surface area is 107 Å². The zero-order valence-corrected chi connectivity index (χ0v) is 10.6. The topological polar surface area (TPSA) is 49.8 Å². The lowest BCUT2D eigenvalue weighted by atomic mass is 9.97. The van der Waals surface area contributed by atoms with Gasteiger partial charge in [-0.3, -0.25) is 4.79 Å². The lowest BCUT2D eigenvalue weighted by Gasteiger charge is -2.22. The summed E-state index contributed by atoms with van der Waals surface area (Å²) < 4.78 is 4.86. The molecule has 1 aromatic carbocycles. The van der Waals surface area contributed by atoms with Crippen LogP contribution >= 0.6 is 0 Å². The second kappa shape index (κ2) is 5.87. The zero-order chi connectivity index (χ0) is 13.0. The molecule has 0 saturated carbocycles. The molecular weight excluding hydrogens is 230 g/mol. The summed E-state index contributed by atoms with van der Waals surface area (Å²) >= 11 is 0. The van der Waals surface area contributed by atoms with E-state index in [1.165, 1.54) is 20.0 Å². The minimum absolute atomic E-state index is 0.159. The van der Waals surface area contributed by atoms with E-state index in [2.05, 4.69) is 4.90 Å². The first kappa shape index (κ1) is 12.9. The number of rotatable bonds is 4. The van der Waals surface area contributed by atoms with Crippen molar-refractivity contribution in [3.05, 3.63) is 29.8 Å². The van der Waals surface area contributed by atoms with Crippen LogP contribution in [0, 0.1) is 0 Å². The Morgan fingerprint density at radius 3 is 2.67 bits per heavy atom. The van der Waals surface area contributed by atoms with Crippen molar-refractivity contribution < 1.29 is 14.6 Å². The van der Waals surface area contributed by atoms with Gasteiger partial charge in [0.2, 0.25) is 0 Å². The van der Waals surface area contributed by atoms with Crippen LogP contribution in [-0.4, -0.2) is 42.7 Å². The van der Waals surface area contributed by atoms with E-state index in [-0.39, 0.29) is 11.7 Å². The second-order valence-electron chi connectivity index (χ2n) is 4.64. The van der Waals surface area contributed by atoms with E-state index in [0.717, 1.165) is 13.1 Å². The average molecular weight is 249 g/mol. The monoisotopic (exact) mass is 249 g/mol. The van der Waals surface area contributed by atoms with Gasteiger partial charge in [0.05, 0.1) is 13.0 Å². The first-order valence-corrected chi connectivity index (χ1v) is 6.30. The van der Waals surface area contributed by atoms with Crippen molar-refractivity contribution in [2.24, 2.45) is 0 Å². The van der Waals surface area contributed by atoms with Crippen LogP contribution < -0.4 is 0 Å². The fourth-order valence-electron chi connectivity index (χ4n) is 2.45. The van der Waals surface area contributed by atoms with Crippen molar-refractivity contribution in [3.8, 4) is 5.75 Å². The van der Waals surface area contributed by atoms with Crippen molar-refractivity contribution in [3.63, 3.8) is 0 Å². The van der Waals surface area contributed by atoms with Gasteiger partial charge in [-0.15, -0.1) is 0 Å². The molecule has 0 radical (unpaired) electrons. The van der Waals surface area contributed by atoms with E-state index >= 15 is 0 Å². The van der Waals surface area contributed by atoms with Crippen LogP contribution in [0.5, 0.6) is 5.75 Å². The Morgan fingerprint density at radius 1 is 1.39 bits per heavy atom. The highest BCUT2D eigenvalue weighted by Crippen LogP contribution is 2.28. The number of carbonyl (C=O) groups is 1. The molecule has 1 atom stereocenters. The fraction of sp³-hybridized carbons (Fsp3) is 0.500. The molecular formula is C14H19NO3. The minimum Gasteiger partial charge on any atom is -0.508 e. The molecule has 4 nitrogen and oxygen atoms in total. The Morgan fingerprint density at radius 2 is 2.06 bits per heavy atom. The van der Waals surface area contributed by atoms with Gasteiger partial charge in [-0.25, -0.2) is 0 Å². The maximum absolute atomic E-state index is 11.9. The lowest BCUT2D eigenvalue weighted by molar-refractivity contribution is -0.142. The third kappa shape index (κ3) is 2.82. The minimum atomic E-state index is -0.408. The smallest absolute Gasteiger partial charge is 0.314 e. The van der Waals surface area contributed by atoms with Crippen LogP contribution in [0.3, 0.4) is 0 Å². The summed E-state index contributed by atoms with van der Waals surface area (Å²) in [6, 6.07) is 6.97. The number of hydrogen-bond acceptors (Lipinski definition) is 4. The standard InChI is InChI=1S/C14H19NO3/c1-18-14(17)12(10-15-8-4-5-9-15)11-6-2-3-7-13(11)16/h2-3,6-7,12,16H,4-5,8-10H2,1H3. The molecule has 1 aliphatic heterocycles. The number of ether oxygens (including phenoxy) is 1. The van der Waals surface area contributed by atoms with Gasteiger partial charge < -0.3 is 14.7 Å². The number of hydrogen-bond donors (Lipinski definition) is 1. The molecule has 1 fully saturated rings. The van der Waals surface area contributed by atoms with Gasteiger partial charge in [0, 0.05) is 12.1 Å². The van der Waals surface area contributed by atoms with Crippen LogP contribution in [-0.2, 0) is 9.53 Å². The molecule has 1 aliphatic rings. The number of para-hydroxylation sites is 1. The number of aromatic hydroxyl groups is 1. The number of benzene rings is 1. The number of esters is 1. The number of methoxy groups -OCH3 is 1. The molecule has 0 bridgehead atoms. The molecule has 1 N–H and O–H groups in total. The number of likely N-dealkylation sites (tertiary alicyclic amines) is 1. The van der Waals surface area contributed by atoms with Crippen molar-refractivity contribution in [2.75, 3.05) is 26.7 Å². The molecule has 98 valence electrons. The van der Waals surface area contributed by atoms with E-state index in [1.54, 1.807) is 18.2 Å². The Bertz CT molecular complexity index is 413. The van der Waals surface area contributed by atoms with Crippen molar-refractivity contribution in [2.45, 2.75) is 18.8 Å². The maximum atomic E-state index is 11.9. The molecule has 1 aromatic rings. The van der Waals surface area contributed by atoms with E-state index < -0.39 is 5.92 Å². The maximum Gasteiger partial charge on any atom is 0.314 e. The normalized spacial score (nSPS) is 17.6. The molecule has 0 aromatic heterocycles. The SMILES string of the molecule is COC(=O)C(CN1CCCC1)c1ccccc1O. The lowest BCUT2D eigenvalue weighted by Crippen LogP contribution is -2.30. The Balaban J connectivity index is 2.19. The Hall–Kier alpha value is -1.55. The summed E-state index contributed by atoms with van der Waals surface area (Å²) in [6.45, 7) is 2.65. The molecule has 2 rings (SSSR count). The number of nitrogens with zero attached hydrogens (tertiary/aromatic N) is 1. The summed E-state index contributed by atoms with van der Waals surface area (Å²) in [6.07, 6.45) is 2.35. The molecule has 0 spiro atoms. The quantitative estimate of drug-likeness (QED) is 0.826. The van der Waals surface area contributed by atoms with Crippen LogP contribution in [0.2, 0.25) is 0 Å². The molecule has 18 heavy (non-hydrogen) atoms. The van der Waals surface area contributed by atoms with Crippen LogP contribution in [0.1, 0.15) is 24.3 Å². The first-order chi connectivity index (χ1) is 8.72. The summed E-state index contributed by atoms with van der Waals surface area (Å²) in [4.78, 5) is 14.1. The zero-order valence-electron chi connectivity index (χ0n) is 10.6. The van der Waals surface area contributed by atoms with Gasteiger partial charge in [-0.1, -0.05) is 18.2 Å². The van der Waals surface area contributed by atoms with Gasteiger partial charge in [0.1, 0.15) is 5.75 Å².